The molecule has 138 valence electrons. The summed E-state index contributed by atoms with van der Waals surface area (Å²) in [4.78, 5) is 16.7. The van der Waals surface area contributed by atoms with Crippen molar-refractivity contribution in [3.8, 4) is 0 Å². The molecular weight excluding hydrogens is 323 g/mol. The Morgan fingerprint density at radius 3 is 2.56 bits per heavy atom. The molecule has 25 heavy (non-hydrogen) atoms. The molecule has 3 rings (SSSR count). The summed E-state index contributed by atoms with van der Waals surface area (Å²) in [5, 5.41) is 11.0. The molecule has 0 aliphatic carbocycles. The number of likely N-dealkylation sites (tertiary alicyclic amines) is 2. The van der Waals surface area contributed by atoms with Crippen molar-refractivity contribution >= 4 is 5.91 Å². The minimum atomic E-state index is -1.32. The Morgan fingerprint density at radius 2 is 1.92 bits per heavy atom. The molecule has 2 heterocycles. The fraction of sp³-hybridized carbons (Fsp3) is 0.632. The number of hydrogen-bond acceptors (Lipinski definition) is 4. The van der Waals surface area contributed by atoms with Crippen molar-refractivity contribution < 1.29 is 19.0 Å². The Bertz CT molecular complexity index is 587. The predicted molar refractivity (Wildman–Crippen MR) is 92.5 cm³/mol. The van der Waals surface area contributed by atoms with Gasteiger partial charge < -0.3 is 14.7 Å². The maximum Gasteiger partial charge on any atom is 0.256 e. The van der Waals surface area contributed by atoms with Gasteiger partial charge in [-0.1, -0.05) is 12.1 Å². The number of hydrogen-bond donors (Lipinski definition) is 1. The number of nitrogens with zero attached hydrogens (tertiary/aromatic N) is 2. The lowest BCUT2D eigenvalue weighted by Gasteiger charge is -2.42. The number of ether oxygens (including phenoxy) is 1. The third-order valence-electron chi connectivity index (χ3n) is 5.34. The molecule has 0 aromatic heterocycles. The molecule has 1 aromatic carbocycles. The monoisotopic (exact) mass is 350 g/mol. The van der Waals surface area contributed by atoms with Crippen molar-refractivity contribution in [2.75, 3.05) is 33.3 Å². The molecule has 0 bridgehead atoms. The van der Waals surface area contributed by atoms with E-state index in [1.54, 1.807) is 24.1 Å². The lowest BCUT2D eigenvalue weighted by molar-refractivity contribution is -0.161. The maximum atomic E-state index is 13.0. The fourth-order valence-electron chi connectivity index (χ4n) is 3.85. The minimum absolute atomic E-state index is 0.211. The van der Waals surface area contributed by atoms with Gasteiger partial charge in [0, 0.05) is 39.8 Å². The molecule has 1 N–H and O–H groups in total. The zero-order chi connectivity index (χ0) is 17.9. The van der Waals surface area contributed by atoms with E-state index in [4.69, 9.17) is 4.74 Å². The van der Waals surface area contributed by atoms with Gasteiger partial charge in [-0.15, -0.1) is 0 Å². The van der Waals surface area contributed by atoms with E-state index >= 15 is 0 Å². The summed E-state index contributed by atoms with van der Waals surface area (Å²) in [6.45, 7) is 3.09. The molecule has 0 unspecified atom stereocenters. The standard InChI is InChI=1S/C19H27FN2O3/c1-25-17-7-11-21(12-8-17)14-19(24)9-2-10-22(18(19)23)13-15-3-5-16(20)6-4-15/h3-6,17,24H,2,7-14H2,1H3/t19-/m0/s1. The predicted octanol–water partition coefficient (Wildman–Crippen LogP) is 1.79. The van der Waals surface area contributed by atoms with Crippen LogP contribution in [0.15, 0.2) is 24.3 Å². The van der Waals surface area contributed by atoms with Gasteiger partial charge in [0.25, 0.3) is 5.91 Å². The van der Waals surface area contributed by atoms with Crippen molar-refractivity contribution in [1.82, 2.24) is 9.80 Å². The van der Waals surface area contributed by atoms with E-state index in [-0.39, 0.29) is 17.8 Å². The van der Waals surface area contributed by atoms with Gasteiger partial charge in [-0.2, -0.15) is 0 Å². The van der Waals surface area contributed by atoms with Crippen LogP contribution in [0.5, 0.6) is 0 Å². The summed E-state index contributed by atoms with van der Waals surface area (Å²) in [5.74, 6) is -0.498. The molecule has 1 amide bonds. The van der Waals surface area contributed by atoms with Crippen LogP contribution in [0.4, 0.5) is 4.39 Å². The lowest BCUT2D eigenvalue weighted by Crippen LogP contribution is -2.59. The van der Waals surface area contributed by atoms with Crippen LogP contribution < -0.4 is 0 Å². The molecular formula is C19H27FN2O3. The Hall–Kier alpha value is -1.50. The Labute approximate surface area is 148 Å². The number of piperidine rings is 2. The molecule has 2 aliphatic heterocycles. The SMILES string of the molecule is COC1CCN(C[C@@]2(O)CCCN(Cc3ccc(F)cc3)C2=O)CC1. The van der Waals surface area contributed by atoms with E-state index in [2.05, 4.69) is 4.90 Å². The second-order valence-corrected chi connectivity index (χ2v) is 7.20. The van der Waals surface area contributed by atoms with Crippen molar-refractivity contribution in [2.24, 2.45) is 0 Å². The molecule has 6 heteroatoms. The van der Waals surface area contributed by atoms with Gasteiger partial charge in [0.1, 0.15) is 5.82 Å². The Kier molecular flexibility index (Phi) is 5.71. The van der Waals surface area contributed by atoms with Gasteiger partial charge >= 0.3 is 0 Å². The summed E-state index contributed by atoms with van der Waals surface area (Å²) >= 11 is 0. The van der Waals surface area contributed by atoms with Crippen LogP contribution in [-0.4, -0.2) is 65.8 Å². The first-order valence-corrected chi connectivity index (χ1v) is 9.01. The summed E-state index contributed by atoms with van der Waals surface area (Å²) in [7, 11) is 1.73. The number of benzene rings is 1. The Morgan fingerprint density at radius 1 is 1.24 bits per heavy atom. The second kappa shape index (κ2) is 7.81. The first-order valence-electron chi connectivity index (χ1n) is 9.01. The zero-order valence-electron chi connectivity index (χ0n) is 14.8. The van der Waals surface area contributed by atoms with Crippen molar-refractivity contribution in [3.05, 3.63) is 35.6 Å². The van der Waals surface area contributed by atoms with Crippen LogP contribution in [0.1, 0.15) is 31.2 Å². The van der Waals surface area contributed by atoms with E-state index in [0.717, 1.165) is 37.9 Å². The van der Waals surface area contributed by atoms with E-state index in [0.29, 0.717) is 26.1 Å². The molecule has 0 saturated carbocycles. The summed E-state index contributed by atoms with van der Waals surface area (Å²) in [5.41, 5.74) is -0.446. The summed E-state index contributed by atoms with van der Waals surface area (Å²) < 4.78 is 18.4. The van der Waals surface area contributed by atoms with Crippen LogP contribution >= 0.6 is 0 Å². The third-order valence-corrected chi connectivity index (χ3v) is 5.34. The molecule has 1 atom stereocenters. The third kappa shape index (κ3) is 4.37. The molecule has 2 saturated heterocycles. The largest absolute Gasteiger partial charge is 0.381 e. The molecule has 0 radical (unpaired) electrons. The first kappa shape index (κ1) is 18.3. The highest BCUT2D eigenvalue weighted by Crippen LogP contribution is 2.27. The first-order chi connectivity index (χ1) is 12.0. The lowest BCUT2D eigenvalue weighted by atomic mass is 9.90. The van der Waals surface area contributed by atoms with Gasteiger partial charge in [-0.05, 0) is 43.4 Å². The van der Waals surface area contributed by atoms with Crippen LogP contribution in [0.25, 0.3) is 0 Å². The number of methoxy groups -OCH3 is 1. The summed E-state index contributed by atoms with van der Waals surface area (Å²) in [6.07, 6.45) is 3.41. The molecule has 2 fully saturated rings. The molecule has 1 aromatic rings. The van der Waals surface area contributed by atoms with Crippen molar-refractivity contribution in [3.63, 3.8) is 0 Å². The zero-order valence-corrected chi connectivity index (χ0v) is 14.8. The highest BCUT2D eigenvalue weighted by atomic mass is 19.1. The van der Waals surface area contributed by atoms with Crippen LogP contribution in [0.3, 0.4) is 0 Å². The molecule has 5 nitrogen and oxygen atoms in total. The smallest absolute Gasteiger partial charge is 0.256 e. The maximum absolute atomic E-state index is 13.0. The fourth-order valence-corrected chi connectivity index (χ4v) is 3.85. The Balaban J connectivity index is 1.61. The van der Waals surface area contributed by atoms with Gasteiger partial charge in [0.2, 0.25) is 0 Å². The number of carbonyl (C=O) groups excluding carboxylic acids is 1. The quantitative estimate of drug-likeness (QED) is 0.880. The number of carbonyl (C=O) groups is 1. The number of amides is 1. The number of aliphatic hydroxyl groups is 1. The topological polar surface area (TPSA) is 53.0 Å². The van der Waals surface area contributed by atoms with E-state index in [1.165, 1.54) is 12.1 Å². The summed E-state index contributed by atoms with van der Waals surface area (Å²) in [6, 6.07) is 6.17. The van der Waals surface area contributed by atoms with Gasteiger partial charge in [0.05, 0.1) is 6.10 Å². The number of halogens is 1. The van der Waals surface area contributed by atoms with E-state index in [9.17, 15) is 14.3 Å². The van der Waals surface area contributed by atoms with Gasteiger partial charge in [-0.3, -0.25) is 9.69 Å². The molecule has 2 aliphatic rings. The van der Waals surface area contributed by atoms with Crippen molar-refractivity contribution in [2.45, 2.75) is 43.9 Å². The van der Waals surface area contributed by atoms with Crippen LogP contribution in [-0.2, 0) is 16.1 Å². The average molecular weight is 350 g/mol. The average Bonchev–Trinajstić information content (AvgIpc) is 2.62. The highest BCUT2D eigenvalue weighted by molar-refractivity contribution is 5.86. The van der Waals surface area contributed by atoms with Crippen LogP contribution in [0, 0.1) is 5.82 Å². The van der Waals surface area contributed by atoms with Crippen LogP contribution in [0.2, 0.25) is 0 Å². The normalized spacial score (nSPS) is 26.2. The van der Waals surface area contributed by atoms with Gasteiger partial charge in [0.15, 0.2) is 5.60 Å². The second-order valence-electron chi connectivity index (χ2n) is 7.20. The number of β-amino-alcohol motifs (C(OH)–C–C–N with tert-alkyl or cyclic N) is 1. The van der Waals surface area contributed by atoms with Gasteiger partial charge in [-0.25, -0.2) is 4.39 Å². The van der Waals surface area contributed by atoms with E-state index in [1.807, 2.05) is 0 Å². The van der Waals surface area contributed by atoms with Crippen molar-refractivity contribution in [1.29, 1.82) is 0 Å². The highest BCUT2D eigenvalue weighted by Gasteiger charge is 2.43. The van der Waals surface area contributed by atoms with E-state index < -0.39 is 5.60 Å². The minimum Gasteiger partial charge on any atom is -0.381 e. The molecule has 0 spiro atoms. The number of rotatable bonds is 5.